The minimum atomic E-state index is 0. The Morgan fingerprint density at radius 2 is 2.00 bits per heavy atom. The molecular weight excluding hydrogens is 246 g/mol. The van der Waals surface area contributed by atoms with Crippen LogP contribution in [0.1, 0.15) is 13.3 Å². The van der Waals surface area contributed by atoms with E-state index in [0.717, 1.165) is 6.42 Å². The normalized spacial score (nSPS) is 15.0. The molecule has 0 aromatic rings. The predicted molar refractivity (Wildman–Crippen MR) is 41.0 cm³/mol. The van der Waals surface area contributed by atoms with Gasteiger partial charge in [0, 0.05) is 0 Å². The Labute approximate surface area is 78.3 Å². The average molecular weight is 255 g/mol. The Morgan fingerprint density at radius 3 is 2.11 bits per heavy atom. The molecule has 1 aliphatic carbocycles. The van der Waals surface area contributed by atoms with Crippen molar-refractivity contribution in [2.45, 2.75) is 13.3 Å². The quantitative estimate of drug-likeness (QED) is 0.583. The van der Waals surface area contributed by atoms with E-state index in [1.807, 2.05) is 0 Å². The van der Waals surface area contributed by atoms with Crippen LogP contribution in [0.2, 0.25) is 0 Å². The maximum atomic E-state index is 2.91. The summed E-state index contributed by atoms with van der Waals surface area (Å²) >= 11 is 2.91. The summed E-state index contributed by atoms with van der Waals surface area (Å²) in [5.41, 5.74) is 1.40. The van der Waals surface area contributed by atoms with Gasteiger partial charge >= 0.3 is 53.5 Å². The number of allylic oxidation sites excluding steroid dienone is 4. The zero-order chi connectivity index (χ0) is 5.28. The zero-order valence-corrected chi connectivity index (χ0v) is 8.28. The third kappa shape index (κ3) is 3.40. The van der Waals surface area contributed by atoms with Gasteiger partial charge in [-0.3, -0.25) is 0 Å². The SMILES string of the molecule is CC1=[C]([Rh])CC=C1.Cl.Cl. The van der Waals surface area contributed by atoms with Crippen molar-refractivity contribution in [3.8, 4) is 0 Å². The summed E-state index contributed by atoms with van der Waals surface area (Å²) in [6, 6.07) is 0. The summed E-state index contributed by atoms with van der Waals surface area (Å²) in [6.07, 6.45) is 5.44. The van der Waals surface area contributed by atoms with E-state index >= 15 is 0 Å². The second-order valence-electron chi connectivity index (χ2n) is 1.67. The molecule has 1 aliphatic rings. The summed E-state index contributed by atoms with van der Waals surface area (Å²) in [7, 11) is 0. The van der Waals surface area contributed by atoms with Gasteiger partial charge in [-0.1, -0.05) is 0 Å². The number of hydrogen-bond donors (Lipinski definition) is 0. The van der Waals surface area contributed by atoms with Crippen molar-refractivity contribution < 1.29 is 18.3 Å². The van der Waals surface area contributed by atoms with Crippen LogP contribution in [0.4, 0.5) is 0 Å². The van der Waals surface area contributed by atoms with E-state index in [2.05, 4.69) is 37.4 Å². The molecule has 1 rings (SSSR count). The van der Waals surface area contributed by atoms with Crippen LogP contribution in [-0.2, 0) is 18.3 Å². The standard InChI is InChI=1S/C6H7.2ClH.Rh/c1-6-4-2-3-5-6;;;/h2,4H,3H2,1H3;2*1H;. The van der Waals surface area contributed by atoms with Crippen molar-refractivity contribution in [1.82, 2.24) is 0 Å². The van der Waals surface area contributed by atoms with Gasteiger partial charge in [0.2, 0.25) is 0 Å². The maximum Gasteiger partial charge on any atom is -0.147 e. The molecule has 0 atom stereocenters. The number of hydrogen-bond acceptors (Lipinski definition) is 0. The van der Waals surface area contributed by atoms with E-state index in [1.54, 1.807) is 0 Å². The third-order valence-corrected chi connectivity index (χ3v) is 2.05. The second kappa shape index (κ2) is 5.47. The topological polar surface area (TPSA) is 0 Å². The van der Waals surface area contributed by atoms with Gasteiger partial charge < -0.3 is 0 Å². The fourth-order valence-electron chi connectivity index (χ4n) is 0.582. The van der Waals surface area contributed by atoms with Crippen LogP contribution in [0.5, 0.6) is 0 Å². The maximum absolute atomic E-state index is 2.91. The number of rotatable bonds is 0. The molecule has 0 unspecified atom stereocenters. The molecule has 3 heteroatoms. The summed E-state index contributed by atoms with van der Waals surface area (Å²) in [6.45, 7) is 2.12. The molecule has 56 valence electrons. The van der Waals surface area contributed by atoms with Crippen LogP contribution in [0.3, 0.4) is 0 Å². The first-order valence-corrected chi connectivity index (χ1v) is 3.12. The van der Waals surface area contributed by atoms with E-state index in [4.69, 9.17) is 0 Å². The van der Waals surface area contributed by atoms with Crippen LogP contribution >= 0.6 is 24.8 Å². The van der Waals surface area contributed by atoms with Gasteiger partial charge in [0.1, 0.15) is 0 Å². The third-order valence-electron chi connectivity index (χ3n) is 1.07. The van der Waals surface area contributed by atoms with Crippen molar-refractivity contribution >= 4 is 24.8 Å². The molecule has 0 spiro atoms. The minimum Gasteiger partial charge on any atom is -0.147 e. The van der Waals surface area contributed by atoms with Gasteiger partial charge in [0.25, 0.3) is 0 Å². The molecule has 0 heterocycles. The van der Waals surface area contributed by atoms with Crippen molar-refractivity contribution in [2.24, 2.45) is 0 Å². The molecular formula is C6H9Cl2Rh. The Balaban J connectivity index is 0. The predicted octanol–water partition coefficient (Wildman–Crippen LogP) is 2.61. The smallest absolute Gasteiger partial charge is 0.147 e. The molecule has 0 aromatic carbocycles. The van der Waals surface area contributed by atoms with Gasteiger partial charge in [-0.25, -0.2) is 0 Å². The Morgan fingerprint density at radius 1 is 1.44 bits per heavy atom. The van der Waals surface area contributed by atoms with Crippen LogP contribution in [0, 0.1) is 0 Å². The van der Waals surface area contributed by atoms with Gasteiger partial charge in [0.15, 0.2) is 0 Å². The van der Waals surface area contributed by atoms with E-state index in [-0.39, 0.29) is 24.8 Å². The van der Waals surface area contributed by atoms with Gasteiger partial charge in [0.05, 0.1) is 0 Å². The molecule has 0 saturated heterocycles. The molecule has 0 aromatic heterocycles. The largest absolute Gasteiger partial charge is 0.147 e. The Kier molecular flexibility index (Phi) is 7.51. The zero-order valence-electron chi connectivity index (χ0n) is 5.01. The monoisotopic (exact) mass is 254 g/mol. The molecule has 0 nitrogen and oxygen atoms in total. The summed E-state index contributed by atoms with van der Waals surface area (Å²) in [4.78, 5) is 0. The van der Waals surface area contributed by atoms with Gasteiger partial charge in [-0.15, -0.1) is 24.8 Å². The second-order valence-corrected chi connectivity index (χ2v) is 2.66. The summed E-state index contributed by atoms with van der Waals surface area (Å²) < 4.78 is 1.40. The van der Waals surface area contributed by atoms with E-state index in [9.17, 15) is 0 Å². The Bertz CT molecular complexity index is 138. The first-order chi connectivity index (χ1) is 3.30. The molecule has 0 bridgehead atoms. The van der Waals surface area contributed by atoms with Crippen molar-refractivity contribution in [3.63, 3.8) is 0 Å². The molecule has 9 heavy (non-hydrogen) atoms. The molecule has 0 amide bonds. The first kappa shape index (κ1) is 12.4. The fourth-order valence-corrected chi connectivity index (χ4v) is 0.911. The minimum absolute atomic E-state index is 0. The van der Waals surface area contributed by atoms with Gasteiger partial charge in [-0.2, -0.15) is 0 Å². The van der Waals surface area contributed by atoms with Crippen LogP contribution in [-0.4, -0.2) is 0 Å². The van der Waals surface area contributed by atoms with E-state index in [1.165, 1.54) is 9.74 Å². The molecule has 0 fully saturated rings. The van der Waals surface area contributed by atoms with Crippen LogP contribution < -0.4 is 0 Å². The average Bonchev–Trinajstić information content (AvgIpc) is 1.91. The van der Waals surface area contributed by atoms with Crippen LogP contribution in [0.25, 0.3) is 0 Å². The van der Waals surface area contributed by atoms with Crippen molar-refractivity contribution in [3.05, 3.63) is 21.9 Å². The summed E-state index contributed by atoms with van der Waals surface area (Å²) in [5, 5.41) is 0. The first-order valence-electron chi connectivity index (χ1n) is 2.30. The molecule has 0 aliphatic heterocycles. The van der Waals surface area contributed by atoms with E-state index < -0.39 is 0 Å². The Hall–Kier alpha value is 0.683. The molecule has 0 N–H and O–H groups in total. The van der Waals surface area contributed by atoms with Crippen molar-refractivity contribution in [2.75, 3.05) is 0 Å². The van der Waals surface area contributed by atoms with E-state index in [0.29, 0.717) is 0 Å². The number of halogens is 2. The fraction of sp³-hybridized carbons (Fsp3) is 0.333. The summed E-state index contributed by atoms with van der Waals surface area (Å²) in [5.74, 6) is 0. The molecule has 0 radical (unpaired) electrons. The van der Waals surface area contributed by atoms with Crippen LogP contribution in [0.15, 0.2) is 21.9 Å². The van der Waals surface area contributed by atoms with Gasteiger partial charge in [-0.05, 0) is 0 Å². The van der Waals surface area contributed by atoms with Crippen molar-refractivity contribution in [1.29, 1.82) is 0 Å². The molecule has 0 saturated carbocycles.